The van der Waals surface area contributed by atoms with Gasteiger partial charge >= 0.3 is 6.61 Å². The summed E-state index contributed by atoms with van der Waals surface area (Å²) < 4.78 is 28.7. The number of nitrogens with two attached hydrogens (primary N) is 1. The number of ether oxygens (including phenoxy) is 1. The van der Waals surface area contributed by atoms with Gasteiger partial charge < -0.3 is 15.8 Å². The van der Waals surface area contributed by atoms with Gasteiger partial charge in [0.05, 0.1) is 0 Å². The maximum Gasteiger partial charge on any atom is 0.387 e. The van der Waals surface area contributed by atoms with Gasteiger partial charge in [0.25, 0.3) is 0 Å². The van der Waals surface area contributed by atoms with E-state index in [0.717, 1.165) is 13.0 Å². The van der Waals surface area contributed by atoms with Crippen molar-refractivity contribution in [3.8, 4) is 5.75 Å². The van der Waals surface area contributed by atoms with Crippen LogP contribution in [-0.4, -0.2) is 19.7 Å². The highest BCUT2D eigenvalue weighted by molar-refractivity contribution is 6.30. The number of benzene rings is 1. The summed E-state index contributed by atoms with van der Waals surface area (Å²) in [5.41, 5.74) is 5.95. The van der Waals surface area contributed by atoms with E-state index in [1.165, 1.54) is 12.1 Å². The first kappa shape index (κ1) is 14.2. The lowest BCUT2D eigenvalue weighted by atomic mass is 10.2. The predicted molar refractivity (Wildman–Crippen MR) is 63.5 cm³/mol. The van der Waals surface area contributed by atoms with E-state index >= 15 is 0 Å². The molecule has 0 saturated carbocycles. The lowest BCUT2D eigenvalue weighted by molar-refractivity contribution is -0.0504. The Hall–Kier alpha value is -0.910. The van der Waals surface area contributed by atoms with Gasteiger partial charge in [-0.15, -0.1) is 0 Å². The summed E-state index contributed by atoms with van der Waals surface area (Å²) in [6, 6.07) is 4.56. The van der Waals surface area contributed by atoms with Crippen LogP contribution in [0.2, 0.25) is 5.02 Å². The van der Waals surface area contributed by atoms with Gasteiger partial charge in [-0.25, -0.2) is 0 Å². The van der Waals surface area contributed by atoms with Gasteiger partial charge in [-0.1, -0.05) is 11.6 Å². The predicted octanol–water partition coefficient (Wildman–Crippen LogP) is 2.38. The Morgan fingerprint density at radius 3 is 2.82 bits per heavy atom. The molecule has 1 aromatic carbocycles. The summed E-state index contributed by atoms with van der Waals surface area (Å²) >= 11 is 5.80. The van der Waals surface area contributed by atoms with Crippen LogP contribution in [0, 0.1) is 0 Å². The van der Waals surface area contributed by atoms with Crippen LogP contribution in [-0.2, 0) is 6.54 Å². The summed E-state index contributed by atoms with van der Waals surface area (Å²) in [5.74, 6) is 0.143. The largest absolute Gasteiger partial charge is 0.434 e. The summed E-state index contributed by atoms with van der Waals surface area (Å²) in [6.07, 6.45) is 0.825. The number of hydrogen-bond acceptors (Lipinski definition) is 3. The molecule has 0 aliphatic heterocycles. The van der Waals surface area contributed by atoms with Crippen molar-refractivity contribution in [1.82, 2.24) is 5.32 Å². The molecule has 0 aromatic heterocycles. The van der Waals surface area contributed by atoms with Crippen molar-refractivity contribution in [1.29, 1.82) is 0 Å². The quantitative estimate of drug-likeness (QED) is 0.744. The van der Waals surface area contributed by atoms with Crippen LogP contribution < -0.4 is 15.8 Å². The zero-order chi connectivity index (χ0) is 12.7. The van der Waals surface area contributed by atoms with Gasteiger partial charge in [-0.05, 0) is 37.7 Å². The number of nitrogens with one attached hydrogen (secondary N) is 1. The molecule has 0 aliphatic rings. The Balaban J connectivity index is 2.63. The molecule has 0 heterocycles. The van der Waals surface area contributed by atoms with E-state index in [2.05, 4.69) is 10.1 Å². The fraction of sp³-hybridized carbons (Fsp3) is 0.455. The molecule has 0 atom stereocenters. The Bertz CT molecular complexity index is 350. The zero-order valence-corrected chi connectivity index (χ0v) is 10.0. The maximum absolute atomic E-state index is 12.2. The average molecular weight is 265 g/mol. The Morgan fingerprint density at radius 1 is 1.41 bits per heavy atom. The summed E-state index contributed by atoms with van der Waals surface area (Å²) in [7, 11) is 0. The summed E-state index contributed by atoms with van der Waals surface area (Å²) in [6.45, 7) is -1.11. The molecule has 0 spiro atoms. The topological polar surface area (TPSA) is 47.3 Å². The van der Waals surface area contributed by atoms with E-state index in [1.54, 1.807) is 6.07 Å². The van der Waals surface area contributed by atoms with Gasteiger partial charge in [0.2, 0.25) is 0 Å². The molecular formula is C11H15ClF2N2O. The molecule has 96 valence electrons. The molecule has 3 nitrogen and oxygen atoms in total. The van der Waals surface area contributed by atoms with Crippen LogP contribution in [0.1, 0.15) is 12.0 Å². The van der Waals surface area contributed by atoms with E-state index in [1.807, 2.05) is 0 Å². The Kier molecular flexibility index (Phi) is 6.18. The summed E-state index contributed by atoms with van der Waals surface area (Å²) in [5, 5.41) is 3.57. The van der Waals surface area contributed by atoms with Crippen LogP contribution in [0.25, 0.3) is 0 Å². The second-order valence-electron chi connectivity index (χ2n) is 3.45. The monoisotopic (exact) mass is 264 g/mol. The molecule has 17 heavy (non-hydrogen) atoms. The zero-order valence-electron chi connectivity index (χ0n) is 9.26. The third-order valence-corrected chi connectivity index (χ3v) is 2.35. The Morgan fingerprint density at radius 2 is 2.18 bits per heavy atom. The van der Waals surface area contributed by atoms with Crippen LogP contribution in [0.3, 0.4) is 0 Å². The molecule has 6 heteroatoms. The molecule has 0 radical (unpaired) electrons. The van der Waals surface area contributed by atoms with Gasteiger partial charge in [0.15, 0.2) is 0 Å². The number of halogens is 3. The van der Waals surface area contributed by atoms with Crippen molar-refractivity contribution >= 4 is 11.6 Å². The molecule has 1 aromatic rings. The highest BCUT2D eigenvalue weighted by Gasteiger charge is 2.09. The molecule has 0 unspecified atom stereocenters. The lowest BCUT2D eigenvalue weighted by Crippen LogP contribution is -2.18. The number of alkyl halides is 2. The van der Waals surface area contributed by atoms with Crippen LogP contribution in [0.5, 0.6) is 5.75 Å². The van der Waals surface area contributed by atoms with Gasteiger partial charge in [0.1, 0.15) is 5.75 Å². The smallest absolute Gasteiger partial charge is 0.387 e. The summed E-state index contributed by atoms with van der Waals surface area (Å²) in [4.78, 5) is 0. The van der Waals surface area contributed by atoms with Gasteiger partial charge in [-0.3, -0.25) is 0 Å². The first-order valence-electron chi connectivity index (χ1n) is 5.27. The minimum atomic E-state index is -2.83. The second-order valence-corrected chi connectivity index (χ2v) is 3.89. The highest BCUT2D eigenvalue weighted by atomic mass is 35.5. The third kappa shape index (κ3) is 5.30. The van der Waals surface area contributed by atoms with Crippen molar-refractivity contribution < 1.29 is 13.5 Å². The van der Waals surface area contributed by atoms with Crippen molar-refractivity contribution in [3.05, 3.63) is 28.8 Å². The van der Waals surface area contributed by atoms with E-state index in [9.17, 15) is 8.78 Å². The first-order chi connectivity index (χ1) is 8.13. The second kappa shape index (κ2) is 7.42. The number of hydrogen-bond donors (Lipinski definition) is 2. The fourth-order valence-electron chi connectivity index (χ4n) is 1.35. The fourth-order valence-corrected chi connectivity index (χ4v) is 1.54. The maximum atomic E-state index is 12.2. The lowest BCUT2D eigenvalue weighted by Gasteiger charge is -2.11. The van der Waals surface area contributed by atoms with Crippen molar-refractivity contribution in [2.75, 3.05) is 13.1 Å². The molecular weight excluding hydrogens is 250 g/mol. The molecule has 3 N–H and O–H groups in total. The van der Waals surface area contributed by atoms with Crippen molar-refractivity contribution in [2.24, 2.45) is 5.73 Å². The normalized spacial score (nSPS) is 10.9. The van der Waals surface area contributed by atoms with Crippen molar-refractivity contribution in [2.45, 2.75) is 19.6 Å². The molecule has 1 rings (SSSR count). The molecule has 0 aliphatic carbocycles. The van der Waals surface area contributed by atoms with Crippen LogP contribution in [0.15, 0.2) is 18.2 Å². The Labute approximate surface area is 104 Å². The van der Waals surface area contributed by atoms with E-state index in [0.29, 0.717) is 23.7 Å². The molecule has 0 saturated heterocycles. The van der Waals surface area contributed by atoms with Gasteiger partial charge in [0, 0.05) is 17.1 Å². The standard InChI is InChI=1S/C11H15ClF2N2O/c12-9-2-3-10(17-11(13)14)8(6-9)7-16-5-1-4-15/h2-3,6,11,16H,1,4-5,7,15H2. The minimum Gasteiger partial charge on any atom is -0.434 e. The van der Waals surface area contributed by atoms with E-state index < -0.39 is 6.61 Å². The SMILES string of the molecule is NCCCNCc1cc(Cl)ccc1OC(F)F. The van der Waals surface area contributed by atoms with E-state index in [4.69, 9.17) is 17.3 Å². The van der Waals surface area contributed by atoms with Crippen LogP contribution in [0.4, 0.5) is 8.78 Å². The number of rotatable bonds is 7. The highest BCUT2D eigenvalue weighted by Crippen LogP contribution is 2.24. The molecule has 0 fully saturated rings. The molecule has 0 amide bonds. The third-order valence-electron chi connectivity index (χ3n) is 2.11. The van der Waals surface area contributed by atoms with E-state index in [-0.39, 0.29) is 5.75 Å². The van der Waals surface area contributed by atoms with Crippen molar-refractivity contribution in [3.63, 3.8) is 0 Å². The minimum absolute atomic E-state index is 0.143. The van der Waals surface area contributed by atoms with Gasteiger partial charge in [-0.2, -0.15) is 8.78 Å². The van der Waals surface area contributed by atoms with Crippen LogP contribution >= 0.6 is 11.6 Å². The average Bonchev–Trinajstić information content (AvgIpc) is 2.27. The first-order valence-corrected chi connectivity index (χ1v) is 5.65. The molecule has 0 bridgehead atoms.